The predicted octanol–water partition coefficient (Wildman–Crippen LogP) is 3.77. The van der Waals surface area contributed by atoms with Gasteiger partial charge in [0.1, 0.15) is 11.7 Å². The van der Waals surface area contributed by atoms with Crippen molar-refractivity contribution in [2.24, 2.45) is 28.1 Å². The number of rotatable bonds is 1. The van der Waals surface area contributed by atoms with Crippen molar-refractivity contribution in [2.75, 3.05) is 0 Å². The minimum Gasteiger partial charge on any atom is -0.462 e. The molecule has 3 aliphatic carbocycles. The second-order valence-electron chi connectivity index (χ2n) is 10.3. The lowest BCUT2D eigenvalue weighted by atomic mass is 9.40. The smallest absolute Gasteiger partial charge is 0.331 e. The van der Waals surface area contributed by atoms with E-state index in [4.69, 9.17) is 9.47 Å². The summed E-state index contributed by atoms with van der Waals surface area (Å²) in [7, 11) is 0. The number of ketones is 1. The lowest BCUT2D eigenvalue weighted by Crippen LogP contribution is -2.64. The third-order valence-corrected chi connectivity index (χ3v) is 8.40. The van der Waals surface area contributed by atoms with Gasteiger partial charge in [0, 0.05) is 23.8 Å². The molecular weight excluding hydrogens is 356 g/mol. The lowest BCUT2D eigenvalue weighted by Gasteiger charge is -2.65. The molecule has 5 heteroatoms. The van der Waals surface area contributed by atoms with Crippen LogP contribution in [0.3, 0.4) is 0 Å². The first-order valence-electron chi connectivity index (χ1n) is 10.2. The molecule has 0 saturated heterocycles. The first-order valence-corrected chi connectivity index (χ1v) is 10.2. The van der Waals surface area contributed by atoms with Crippen LogP contribution in [0.15, 0.2) is 23.8 Å². The summed E-state index contributed by atoms with van der Waals surface area (Å²) in [4.78, 5) is 36.9. The molecule has 0 bridgehead atoms. The zero-order valence-electron chi connectivity index (χ0n) is 17.6. The molecule has 4 aliphatic rings. The summed E-state index contributed by atoms with van der Waals surface area (Å²) in [5, 5.41) is 0. The minimum absolute atomic E-state index is 0.0582. The van der Waals surface area contributed by atoms with Gasteiger partial charge in [-0.15, -0.1) is 0 Å². The van der Waals surface area contributed by atoms with E-state index in [-0.39, 0.29) is 35.0 Å². The highest BCUT2D eigenvalue weighted by Crippen LogP contribution is 2.69. The van der Waals surface area contributed by atoms with Crippen molar-refractivity contribution in [3.63, 3.8) is 0 Å². The summed E-state index contributed by atoms with van der Waals surface area (Å²) in [6, 6.07) is 0. The van der Waals surface area contributed by atoms with Gasteiger partial charge in [-0.3, -0.25) is 9.59 Å². The maximum Gasteiger partial charge on any atom is 0.331 e. The second kappa shape index (κ2) is 5.58. The first-order chi connectivity index (χ1) is 12.9. The Balaban J connectivity index is 1.91. The van der Waals surface area contributed by atoms with Gasteiger partial charge in [0.05, 0.1) is 0 Å². The Bertz CT molecular complexity index is 836. The fourth-order valence-corrected chi connectivity index (χ4v) is 7.02. The summed E-state index contributed by atoms with van der Waals surface area (Å²) >= 11 is 0. The molecule has 0 aromatic rings. The minimum atomic E-state index is -0.645. The maximum atomic E-state index is 12.7. The van der Waals surface area contributed by atoms with Crippen LogP contribution in [-0.2, 0) is 23.9 Å². The van der Waals surface area contributed by atoms with Crippen LogP contribution in [0, 0.1) is 28.1 Å². The van der Waals surface area contributed by atoms with E-state index >= 15 is 0 Å². The summed E-state index contributed by atoms with van der Waals surface area (Å²) in [6.07, 6.45) is 7.22. The largest absolute Gasteiger partial charge is 0.462 e. The van der Waals surface area contributed by atoms with E-state index in [1.165, 1.54) is 6.92 Å². The van der Waals surface area contributed by atoms with Gasteiger partial charge in [0.15, 0.2) is 5.78 Å². The number of hydrogen-bond acceptors (Lipinski definition) is 5. The molecule has 0 spiro atoms. The van der Waals surface area contributed by atoms with Crippen molar-refractivity contribution < 1.29 is 23.9 Å². The monoisotopic (exact) mass is 386 g/mol. The van der Waals surface area contributed by atoms with Crippen molar-refractivity contribution in [3.05, 3.63) is 23.8 Å². The zero-order valence-corrected chi connectivity index (χ0v) is 17.6. The summed E-state index contributed by atoms with van der Waals surface area (Å²) < 4.78 is 11.6. The molecule has 0 aromatic heterocycles. The van der Waals surface area contributed by atoms with Crippen LogP contribution in [0.5, 0.6) is 0 Å². The lowest BCUT2D eigenvalue weighted by molar-refractivity contribution is -0.192. The number of allylic oxidation sites excluding steroid dienone is 2. The number of ether oxygens (including phenoxy) is 2. The standard InChI is InChI=1S/C23H30O5/c1-13(24)27-18-11-15-20(2,3)17(25)8-9-21(15,4)14-7-10-22(5)16(23(14,18)6)12-19(26)28-22/h8-9,12,14-15,18H,7,10-11H2,1-6H3/t14-,15?,18-,21-,22+,23-/m1/s1. The van der Waals surface area contributed by atoms with Crippen molar-refractivity contribution >= 4 is 17.7 Å². The highest BCUT2D eigenvalue weighted by atomic mass is 16.6. The van der Waals surface area contributed by atoms with Crippen molar-refractivity contribution in [2.45, 2.75) is 72.5 Å². The Morgan fingerprint density at radius 3 is 2.46 bits per heavy atom. The number of fused-ring (bicyclic) bond motifs is 5. The highest BCUT2D eigenvalue weighted by Gasteiger charge is 2.68. The normalized spacial score (nSPS) is 46.1. The van der Waals surface area contributed by atoms with E-state index in [1.54, 1.807) is 12.2 Å². The fourth-order valence-electron chi connectivity index (χ4n) is 7.02. The Morgan fingerprint density at radius 2 is 1.82 bits per heavy atom. The Kier molecular flexibility index (Phi) is 3.87. The van der Waals surface area contributed by atoms with E-state index in [0.29, 0.717) is 6.42 Å². The first kappa shape index (κ1) is 19.4. The molecule has 2 fully saturated rings. The molecule has 0 aromatic carbocycles. The topological polar surface area (TPSA) is 69.7 Å². The average molecular weight is 386 g/mol. The molecule has 2 saturated carbocycles. The number of esters is 2. The molecular formula is C23H30O5. The van der Waals surface area contributed by atoms with Gasteiger partial charge < -0.3 is 9.47 Å². The van der Waals surface area contributed by atoms with E-state index in [1.807, 2.05) is 20.8 Å². The average Bonchev–Trinajstić information content (AvgIpc) is 2.89. The quantitative estimate of drug-likeness (QED) is 0.642. The van der Waals surface area contributed by atoms with Gasteiger partial charge in [-0.2, -0.15) is 0 Å². The Hall–Kier alpha value is -1.91. The van der Waals surface area contributed by atoms with Crippen LogP contribution in [0.2, 0.25) is 0 Å². The zero-order chi connectivity index (χ0) is 20.7. The SMILES string of the molecule is CC(=O)O[C@@H]1CC2C(C)(C)C(=O)C=C[C@]2(C)[C@H]2CC[C@]3(C)OC(=O)C=C3[C@]12C. The molecule has 5 nitrogen and oxygen atoms in total. The van der Waals surface area contributed by atoms with Crippen molar-refractivity contribution in [1.82, 2.24) is 0 Å². The number of carbonyl (C=O) groups is 3. The van der Waals surface area contributed by atoms with Gasteiger partial charge in [-0.25, -0.2) is 4.79 Å². The van der Waals surface area contributed by atoms with E-state index in [0.717, 1.165) is 18.4 Å². The Morgan fingerprint density at radius 1 is 1.14 bits per heavy atom. The predicted molar refractivity (Wildman–Crippen MR) is 103 cm³/mol. The number of hydrogen-bond donors (Lipinski definition) is 0. The van der Waals surface area contributed by atoms with Crippen LogP contribution in [0.25, 0.3) is 0 Å². The summed E-state index contributed by atoms with van der Waals surface area (Å²) in [5.41, 5.74) is -0.975. The fraction of sp³-hybridized carbons (Fsp3) is 0.696. The molecule has 1 heterocycles. The van der Waals surface area contributed by atoms with Crippen LogP contribution in [0.1, 0.15) is 60.8 Å². The molecule has 152 valence electrons. The van der Waals surface area contributed by atoms with Crippen LogP contribution in [0.4, 0.5) is 0 Å². The van der Waals surface area contributed by atoms with Crippen molar-refractivity contribution in [1.29, 1.82) is 0 Å². The maximum absolute atomic E-state index is 12.7. The van der Waals surface area contributed by atoms with Crippen LogP contribution >= 0.6 is 0 Å². The Labute approximate surface area is 166 Å². The molecule has 0 N–H and O–H groups in total. The van der Waals surface area contributed by atoms with Gasteiger partial charge in [0.25, 0.3) is 0 Å². The number of carbonyl (C=O) groups excluding carboxylic acids is 3. The summed E-state index contributed by atoms with van der Waals surface area (Å²) in [6.45, 7) is 11.8. The van der Waals surface area contributed by atoms with Gasteiger partial charge in [-0.1, -0.05) is 33.8 Å². The van der Waals surface area contributed by atoms with E-state index in [2.05, 4.69) is 19.9 Å². The molecule has 6 atom stereocenters. The van der Waals surface area contributed by atoms with Crippen LogP contribution in [-0.4, -0.2) is 29.4 Å². The molecule has 4 rings (SSSR count). The molecule has 1 aliphatic heterocycles. The second-order valence-corrected chi connectivity index (χ2v) is 10.3. The molecule has 0 radical (unpaired) electrons. The third-order valence-electron chi connectivity index (χ3n) is 8.40. The van der Waals surface area contributed by atoms with E-state index in [9.17, 15) is 14.4 Å². The highest BCUT2D eigenvalue weighted by molar-refractivity contribution is 5.96. The van der Waals surface area contributed by atoms with Crippen molar-refractivity contribution in [3.8, 4) is 0 Å². The van der Waals surface area contributed by atoms with Gasteiger partial charge >= 0.3 is 11.9 Å². The molecule has 0 amide bonds. The van der Waals surface area contributed by atoms with Crippen LogP contribution < -0.4 is 0 Å². The van der Waals surface area contributed by atoms with E-state index < -0.39 is 22.5 Å². The third kappa shape index (κ3) is 2.28. The van der Waals surface area contributed by atoms with Gasteiger partial charge in [-0.05, 0) is 55.1 Å². The van der Waals surface area contributed by atoms with Gasteiger partial charge in [0.2, 0.25) is 0 Å². The molecule has 28 heavy (non-hydrogen) atoms. The summed E-state index contributed by atoms with van der Waals surface area (Å²) in [5.74, 6) is -0.326. The molecule has 1 unspecified atom stereocenters.